The Morgan fingerprint density at radius 3 is 2.79 bits per heavy atom. The summed E-state index contributed by atoms with van der Waals surface area (Å²) in [6.45, 7) is 5.07. The maximum absolute atomic E-state index is 12.3. The summed E-state index contributed by atoms with van der Waals surface area (Å²) in [5.41, 5.74) is 2.70. The molecule has 0 bridgehead atoms. The van der Waals surface area contributed by atoms with Crippen LogP contribution in [0.1, 0.15) is 30.9 Å². The SMILES string of the molecule is Cc1cccc(NC(=O)CNC(=O)COC(=O)[C@H]2CS[C@@]3(C)CCC(=O)N23)c1C. The lowest BCUT2D eigenvalue weighted by Gasteiger charge is -2.29. The number of ether oxygens (including phenoxy) is 1. The topological polar surface area (TPSA) is 105 Å². The molecule has 0 aliphatic carbocycles. The molecule has 0 aromatic heterocycles. The normalized spacial score (nSPS) is 22.9. The minimum atomic E-state index is -0.666. The molecule has 0 unspecified atom stereocenters. The summed E-state index contributed by atoms with van der Waals surface area (Å²) in [6.07, 6.45) is 1.12. The number of nitrogens with zero attached hydrogens (tertiary/aromatic N) is 1. The number of carbonyl (C=O) groups is 4. The Morgan fingerprint density at radius 2 is 2.03 bits per heavy atom. The number of thioether (sulfide) groups is 1. The molecule has 1 aromatic carbocycles. The highest BCUT2D eigenvalue weighted by molar-refractivity contribution is 8.01. The standard InChI is InChI=1S/C20H25N3O5S/c1-12-5-4-6-14(13(12)2)22-16(24)9-21-17(25)10-28-19(27)15-11-29-20(3)8-7-18(26)23(15)20/h4-6,15H,7-11H2,1-3H3,(H,21,25)(H,22,24)/t15-,20+/m1/s1. The van der Waals surface area contributed by atoms with E-state index in [4.69, 9.17) is 4.74 Å². The van der Waals surface area contributed by atoms with E-state index in [-0.39, 0.29) is 23.2 Å². The summed E-state index contributed by atoms with van der Waals surface area (Å²) in [6, 6.07) is 4.91. The average Bonchev–Trinajstić information content (AvgIpc) is 3.18. The van der Waals surface area contributed by atoms with Gasteiger partial charge < -0.3 is 20.3 Å². The molecule has 2 N–H and O–H groups in total. The largest absolute Gasteiger partial charge is 0.454 e. The summed E-state index contributed by atoms with van der Waals surface area (Å²) in [7, 11) is 0. The van der Waals surface area contributed by atoms with Crippen LogP contribution in [0, 0.1) is 13.8 Å². The molecule has 0 radical (unpaired) electrons. The lowest BCUT2D eigenvalue weighted by molar-refractivity contribution is -0.156. The van der Waals surface area contributed by atoms with Crippen LogP contribution in [0.2, 0.25) is 0 Å². The van der Waals surface area contributed by atoms with Crippen LogP contribution in [-0.2, 0) is 23.9 Å². The molecule has 2 fully saturated rings. The number of anilines is 1. The minimum Gasteiger partial charge on any atom is -0.454 e. The highest BCUT2D eigenvalue weighted by Crippen LogP contribution is 2.47. The van der Waals surface area contributed by atoms with Gasteiger partial charge in [-0.3, -0.25) is 14.4 Å². The van der Waals surface area contributed by atoms with Crippen molar-refractivity contribution in [1.29, 1.82) is 0 Å². The van der Waals surface area contributed by atoms with Gasteiger partial charge in [0.2, 0.25) is 11.8 Å². The Kier molecular flexibility index (Phi) is 6.16. The zero-order chi connectivity index (χ0) is 21.2. The average molecular weight is 420 g/mol. The Hall–Kier alpha value is -2.55. The smallest absolute Gasteiger partial charge is 0.330 e. The molecule has 3 amide bonds. The zero-order valence-electron chi connectivity index (χ0n) is 16.7. The third kappa shape index (κ3) is 4.55. The molecule has 2 atom stereocenters. The fourth-order valence-corrected chi connectivity index (χ4v) is 4.96. The van der Waals surface area contributed by atoms with Crippen molar-refractivity contribution in [1.82, 2.24) is 10.2 Å². The highest BCUT2D eigenvalue weighted by Gasteiger charge is 2.53. The second-order valence-corrected chi connectivity index (χ2v) is 8.95. The van der Waals surface area contributed by atoms with Crippen molar-refractivity contribution < 1.29 is 23.9 Å². The van der Waals surface area contributed by atoms with Crippen LogP contribution < -0.4 is 10.6 Å². The zero-order valence-corrected chi connectivity index (χ0v) is 17.6. The summed E-state index contributed by atoms with van der Waals surface area (Å²) >= 11 is 1.56. The van der Waals surface area contributed by atoms with E-state index in [1.165, 1.54) is 0 Å². The fraction of sp³-hybridized carbons (Fsp3) is 0.500. The predicted octanol–water partition coefficient (Wildman–Crippen LogP) is 1.36. The van der Waals surface area contributed by atoms with Gasteiger partial charge in [-0.2, -0.15) is 0 Å². The number of amides is 3. The van der Waals surface area contributed by atoms with Gasteiger partial charge in [0.25, 0.3) is 5.91 Å². The molecule has 3 rings (SSSR count). The minimum absolute atomic E-state index is 0.0629. The van der Waals surface area contributed by atoms with Crippen molar-refractivity contribution >= 4 is 41.1 Å². The summed E-state index contributed by atoms with van der Waals surface area (Å²) < 4.78 is 5.08. The van der Waals surface area contributed by atoms with Crippen LogP contribution in [0.5, 0.6) is 0 Å². The molecule has 29 heavy (non-hydrogen) atoms. The van der Waals surface area contributed by atoms with Crippen LogP contribution in [0.4, 0.5) is 5.69 Å². The van der Waals surface area contributed by atoms with E-state index in [0.29, 0.717) is 24.3 Å². The van der Waals surface area contributed by atoms with Crippen LogP contribution in [-0.4, -0.2) is 58.4 Å². The lowest BCUT2D eigenvalue weighted by atomic mass is 10.1. The molecule has 2 aliphatic heterocycles. The third-order valence-electron chi connectivity index (χ3n) is 5.39. The number of esters is 1. The Bertz CT molecular complexity index is 859. The van der Waals surface area contributed by atoms with Crippen LogP contribution in [0.3, 0.4) is 0 Å². The Labute approximate surface area is 173 Å². The highest BCUT2D eigenvalue weighted by atomic mass is 32.2. The van der Waals surface area contributed by atoms with Crippen LogP contribution in [0.25, 0.3) is 0 Å². The number of rotatable bonds is 6. The first-order valence-electron chi connectivity index (χ1n) is 9.47. The van der Waals surface area contributed by atoms with Gasteiger partial charge in [-0.15, -0.1) is 11.8 Å². The second kappa shape index (κ2) is 8.44. The van der Waals surface area contributed by atoms with Crippen molar-refractivity contribution in [2.45, 2.75) is 44.5 Å². The molecule has 9 heteroatoms. The molecule has 0 saturated carbocycles. The van der Waals surface area contributed by atoms with Crippen molar-refractivity contribution in [3.05, 3.63) is 29.3 Å². The van der Waals surface area contributed by atoms with Crippen LogP contribution >= 0.6 is 11.8 Å². The first-order chi connectivity index (χ1) is 13.7. The number of nitrogens with one attached hydrogen (secondary N) is 2. The molecule has 1 aromatic rings. The van der Waals surface area contributed by atoms with Gasteiger partial charge in [0, 0.05) is 17.9 Å². The molecule has 2 heterocycles. The van der Waals surface area contributed by atoms with Crippen molar-refractivity contribution in [3.8, 4) is 0 Å². The first-order valence-corrected chi connectivity index (χ1v) is 10.5. The molecule has 2 aliphatic rings. The van der Waals surface area contributed by atoms with E-state index in [2.05, 4.69) is 10.6 Å². The van der Waals surface area contributed by atoms with Gasteiger partial charge in [-0.25, -0.2) is 4.79 Å². The molecular formula is C20H25N3O5S. The number of hydrogen-bond donors (Lipinski definition) is 2. The van der Waals surface area contributed by atoms with E-state index >= 15 is 0 Å². The number of hydrogen-bond acceptors (Lipinski definition) is 6. The van der Waals surface area contributed by atoms with Crippen LogP contribution in [0.15, 0.2) is 18.2 Å². The molecule has 2 saturated heterocycles. The monoisotopic (exact) mass is 419 g/mol. The van der Waals surface area contributed by atoms with Gasteiger partial charge in [-0.1, -0.05) is 12.1 Å². The summed E-state index contributed by atoms with van der Waals surface area (Å²) in [5, 5.41) is 5.17. The maximum Gasteiger partial charge on any atom is 0.330 e. The van der Waals surface area contributed by atoms with Gasteiger partial charge in [0.05, 0.1) is 11.4 Å². The number of carbonyl (C=O) groups excluding carboxylic acids is 4. The number of aryl methyl sites for hydroxylation is 1. The molecular weight excluding hydrogens is 394 g/mol. The number of benzene rings is 1. The van der Waals surface area contributed by atoms with E-state index < -0.39 is 24.5 Å². The maximum atomic E-state index is 12.3. The Balaban J connectivity index is 1.43. The van der Waals surface area contributed by atoms with Gasteiger partial charge in [0.15, 0.2) is 6.61 Å². The van der Waals surface area contributed by atoms with E-state index in [9.17, 15) is 19.2 Å². The van der Waals surface area contributed by atoms with E-state index in [0.717, 1.165) is 11.1 Å². The van der Waals surface area contributed by atoms with Crippen molar-refractivity contribution in [2.24, 2.45) is 0 Å². The van der Waals surface area contributed by atoms with Gasteiger partial charge in [-0.05, 0) is 44.4 Å². The van der Waals surface area contributed by atoms with Crippen molar-refractivity contribution in [3.63, 3.8) is 0 Å². The second-order valence-electron chi connectivity index (χ2n) is 7.45. The van der Waals surface area contributed by atoms with Gasteiger partial charge >= 0.3 is 5.97 Å². The summed E-state index contributed by atoms with van der Waals surface area (Å²) in [4.78, 5) is 49.6. The lowest BCUT2D eigenvalue weighted by Crippen LogP contribution is -2.47. The molecule has 156 valence electrons. The predicted molar refractivity (Wildman–Crippen MR) is 109 cm³/mol. The van der Waals surface area contributed by atoms with E-state index in [1.807, 2.05) is 32.9 Å². The molecule has 8 nitrogen and oxygen atoms in total. The third-order valence-corrected chi connectivity index (χ3v) is 6.89. The quantitative estimate of drug-likeness (QED) is 0.675. The molecule has 0 spiro atoms. The van der Waals surface area contributed by atoms with E-state index in [1.54, 1.807) is 22.7 Å². The Morgan fingerprint density at radius 1 is 1.28 bits per heavy atom. The fourth-order valence-electron chi connectivity index (χ4n) is 3.54. The van der Waals surface area contributed by atoms with Gasteiger partial charge in [0.1, 0.15) is 6.04 Å². The van der Waals surface area contributed by atoms with Crippen molar-refractivity contribution in [2.75, 3.05) is 24.2 Å². The number of fused-ring (bicyclic) bond motifs is 1. The first kappa shape index (κ1) is 21.2. The summed E-state index contributed by atoms with van der Waals surface area (Å²) in [5.74, 6) is -1.14.